The van der Waals surface area contributed by atoms with Crippen molar-refractivity contribution in [2.45, 2.75) is 6.42 Å². The molecule has 0 aromatic heterocycles. The molecule has 6 heteroatoms. The molecule has 1 N–H and O–H groups in total. The lowest BCUT2D eigenvalue weighted by Gasteiger charge is -2.15. The fraction of sp³-hybridized carbons (Fsp3) is 0.231. The van der Waals surface area contributed by atoms with Crippen molar-refractivity contribution in [1.82, 2.24) is 4.90 Å². The molecule has 1 rings (SSSR count). The van der Waals surface area contributed by atoms with Gasteiger partial charge in [-0.3, -0.25) is 4.79 Å². The van der Waals surface area contributed by atoms with Crippen LogP contribution in [0.15, 0.2) is 30.4 Å². The van der Waals surface area contributed by atoms with Crippen LogP contribution in [0.4, 0.5) is 8.78 Å². The van der Waals surface area contributed by atoms with Gasteiger partial charge in [0, 0.05) is 31.8 Å². The van der Waals surface area contributed by atoms with E-state index in [-0.39, 0.29) is 13.0 Å². The fourth-order valence-corrected chi connectivity index (χ4v) is 1.39. The van der Waals surface area contributed by atoms with Gasteiger partial charge in [0.1, 0.15) is 11.6 Å². The number of carboxylic acid groups (broad SMARTS) is 1. The van der Waals surface area contributed by atoms with Gasteiger partial charge in [-0.25, -0.2) is 13.6 Å². The molecule has 4 nitrogen and oxygen atoms in total. The van der Waals surface area contributed by atoms with Crippen LogP contribution in [0, 0.1) is 11.6 Å². The third-order valence-electron chi connectivity index (χ3n) is 2.48. The molecule has 0 aliphatic heterocycles. The second-order valence-corrected chi connectivity index (χ2v) is 3.92. The van der Waals surface area contributed by atoms with E-state index in [1.54, 1.807) is 0 Å². The van der Waals surface area contributed by atoms with Crippen LogP contribution in [0.25, 0.3) is 0 Å². The van der Waals surface area contributed by atoms with Crippen LogP contribution < -0.4 is 0 Å². The molecule has 0 unspecified atom stereocenters. The number of hydrogen-bond acceptors (Lipinski definition) is 2. The molecule has 0 bridgehead atoms. The molecule has 0 heterocycles. The van der Waals surface area contributed by atoms with E-state index in [9.17, 15) is 18.4 Å². The van der Waals surface area contributed by atoms with E-state index in [2.05, 4.69) is 0 Å². The highest BCUT2D eigenvalue weighted by Crippen LogP contribution is 2.10. The van der Waals surface area contributed by atoms with Gasteiger partial charge in [0.15, 0.2) is 0 Å². The van der Waals surface area contributed by atoms with Crippen LogP contribution in [0.5, 0.6) is 0 Å². The van der Waals surface area contributed by atoms with Gasteiger partial charge >= 0.3 is 5.97 Å². The summed E-state index contributed by atoms with van der Waals surface area (Å²) in [6.45, 7) is 0.200. The van der Waals surface area contributed by atoms with E-state index in [0.717, 1.165) is 24.3 Å². The van der Waals surface area contributed by atoms with E-state index < -0.39 is 23.5 Å². The first-order chi connectivity index (χ1) is 8.90. The minimum absolute atomic E-state index is 0.200. The van der Waals surface area contributed by atoms with Crippen molar-refractivity contribution in [3.05, 3.63) is 47.5 Å². The zero-order valence-electron chi connectivity index (χ0n) is 10.3. The molecule has 0 aliphatic carbocycles. The number of amides is 1. The maximum absolute atomic E-state index is 13.3. The number of rotatable bonds is 5. The van der Waals surface area contributed by atoms with Gasteiger partial charge < -0.3 is 10.0 Å². The molecule has 0 radical (unpaired) electrons. The van der Waals surface area contributed by atoms with E-state index in [0.29, 0.717) is 5.56 Å². The Kier molecular flexibility index (Phi) is 5.17. The summed E-state index contributed by atoms with van der Waals surface area (Å²) in [6, 6.07) is 3.24. The number of carbonyl (C=O) groups is 2. The molecule has 0 spiro atoms. The average Bonchev–Trinajstić information content (AvgIpc) is 2.34. The largest absolute Gasteiger partial charge is 0.478 e. The Labute approximate surface area is 109 Å². The van der Waals surface area contributed by atoms with Crippen molar-refractivity contribution in [3.63, 3.8) is 0 Å². The third-order valence-corrected chi connectivity index (χ3v) is 2.48. The monoisotopic (exact) mass is 269 g/mol. The van der Waals surface area contributed by atoms with Gasteiger partial charge in [-0.1, -0.05) is 6.07 Å². The van der Waals surface area contributed by atoms with Crippen LogP contribution in [0.2, 0.25) is 0 Å². The van der Waals surface area contributed by atoms with Gasteiger partial charge in [0.2, 0.25) is 5.91 Å². The first-order valence-electron chi connectivity index (χ1n) is 5.50. The number of carboxylic acids is 1. The standard InChI is InChI=1S/C13H13F2NO3/c1-16(12(17)4-5-13(18)19)7-6-9-2-3-10(14)8-11(9)15/h2-5,8H,6-7H2,1H3,(H,18,19)/b5-4+. The van der Waals surface area contributed by atoms with Crippen molar-refractivity contribution >= 4 is 11.9 Å². The van der Waals surface area contributed by atoms with Crippen molar-refractivity contribution in [1.29, 1.82) is 0 Å². The maximum atomic E-state index is 13.3. The Hall–Kier alpha value is -2.24. The summed E-state index contributed by atoms with van der Waals surface area (Å²) < 4.78 is 26.0. The van der Waals surface area contributed by atoms with Crippen molar-refractivity contribution in [2.24, 2.45) is 0 Å². The Balaban J connectivity index is 2.56. The lowest BCUT2D eigenvalue weighted by Crippen LogP contribution is -2.27. The average molecular weight is 269 g/mol. The molecule has 0 aliphatic rings. The normalized spacial score (nSPS) is 10.7. The molecule has 1 aromatic rings. The molecular formula is C13H13F2NO3. The first kappa shape index (κ1) is 14.8. The summed E-state index contributed by atoms with van der Waals surface area (Å²) in [5, 5.41) is 8.37. The number of likely N-dealkylation sites (N-methyl/N-ethyl adjacent to an activating group) is 1. The topological polar surface area (TPSA) is 57.6 Å². The molecule has 102 valence electrons. The highest BCUT2D eigenvalue weighted by atomic mass is 19.1. The SMILES string of the molecule is CN(CCc1ccc(F)cc1F)C(=O)/C=C/C(=O)O. The number of halogens is 2. The number of hydrogen-bond donors (Lipinski definition) is 1. The molecule has 1 amide bonds. The Morgan fingerprint density at radius 1 is 1.32 bits per heavy atom. The summed E-state index contributed by atoms with van der Waals surface area (Å²) in [5.74, 6) is -3.03. The Morgan fingerprint density at radius 3 is 2.58 bits per heavy atom. The minimum atomic E-state index is -1.22. The highest BCUT2D eigenvalue weighted by Gasteiger charge is 2.08. The molecule has 1 aromatic carbocycles. The van der Waals surface area contributed by atoms with Crippen LogP contribution >= 0.6 is 0 Å². The zero-order valence-corrected chi connectivity index (χ0v) is 10.3. The van der Waals surface area contributed by atoms with Crippen molar-refractivity contribution in [2.75, 3.05) is 13.6 Å². The van der Waals surface area contributed by atoms with E-state index in [4.69, 9.17) is 5.11 Å². The lowest BCUT2D eigenvalue weighted by atomic mass is 10.1. The molecular weight excluding hydrogens is 256 g/mol. The molecule has 0 atom stereocenters. The third kappa shape index (κ3) is 4.87. The smallest absolute Gasteiger partial charge is 0.328 e. The van der Waals surface area contributed by atoms with Crippen molar-refractivity contribution in [3.8, 4) is 0 Å². The lowest BCUT2D eigenvalue weighted by molar-refractivity contribution is -0.132. The summed E-state index contributed by atoms with van der Waals surface area (Å²) in [7, 11) is 1.47. The summed E-state index contributed by atoms with van der Waals surface area (Å²) >= 11 is 0. The van der Waals surface area contributed by atoms with Gasteiger partial charge in [-0.05, 0) is 18.1 Å². The number of benzene rings is 1. The van der Waals surface area contributed by atoms with E-state index in [1.807, 2.05) is 0 Å². The van der Waals surface area contributed by atoms with Crippen molar-refractivity contribution < 1.29 is 23.5 Å². The van der Waals surface area contributed by atoms with Crippen LogP contribution in [0.1, 0.15) is 5.56 Å². The van der Waals surface area contributed by atoms with Crippen LogP contribution in [-0.4, -0.2) is 35.5 Å². The molecule has 0 saturated heterocycles. The van der Waals surface area contributed by atoms with E-state index >= 15 is 0 Å². The van der Waals surface area contributed by atoms with Gasteiger partial charge in [-0.15, -0.1) is 0 Å². The second kappa shape index (κ2) is 6.63. The molecule has 0 saturated carbocycles. The molecule has 0 fully saturated rings. The van der Waals surface area contributed by atoms with Crippen LogP contribution in [0.3, 0.4) is 0 Å². The minimum Gasteiger partial charge on any atom is -0.478 e. The summed E-state index contributed by atoms with van der Waals surface area (Å²) in [4.78, 5) is 22.9. The Bertz CT molecular complexity index is 515. The molecule has 19 heavy (non-hydrogen) atoms. The maximum Gasteiger partial charge on any atom is 0.328 e. The fourth-order valence-electron chi connectivity index (χ4n) is 1.39. The van der Waals surface area contributed by atoms with E-state index in [1.165, 1.54) is 18.0 Å². The quantitative estimate of drug-likeness (QED) is 0.826. The highest BCUT2D eigenvalue weighted by molar-refractivity contribution is 5.93. The first-order valence-corrected chi connectivity index (χ1v) is 5.50. The predicted molar refractivity (Wildman–Crippen MR) is 64.5 cm³/mol. The van der Waals surface area contributed by atoms with Gasteiger partial charge in [0.05, 0.1) is 0 Å². The predicted octanol–water partition coefficient (Wildman–Crippen LogP) is 1.61. The van der Waals surface area contributed by atoms with Crippen LogP contribution in [-0.2, 0) is 16.0 Å². The number of aliphatic carboxylic acids is 1. The second-order valence-electron chi connectivity index (χ2n) is 3.92. The van der Waals surface area contributed by atoms with Gasteiger partial charge in [0.25, 0.3) is 0 Å². The summed E-state index contributed by atoms with van der Waals surface area (Å²) in [5.41, 5.74) is 0.295. The summed E-state index contributed by atoms with van der Waals surface area (Å²) in [6.07, 6.45) is 1.87. The Morgan fingerprint density at radius 2 is 2.00 bits per heavy atom. The number of nitrogens with zero attached hydrogens (tertiary/aromatic N) is 1. The van der Waals surface area contributed by atoms with Gasteiger partial charge in [-0.2, -0.15) is 0 Å². The number of carbonyl (C=O) groups excluding carboxylic acids is 1. The zero-order chi connectivity index (χ0) is 14.4.